The van der Waals surface area contributed by atoms with Crippen molar-refractivity contribution in [3.63, 3.8) is 0 Å². The van der Waals surface area contributed by atoms with E-state index in [1.807, 2.05) is 18.2 Å². The quantitative estimate of drug-likeness (QED) is 0.898. The molecule has 0 saturated heterocycles. The van der Waals surface area contributed by atoms with Crippen LogP contribution < -0.4 is 10.6 Å². The van der Waals surface area contributed by atoms with Crippen LogP contribution in [0.5, 0.6) is 0 Å². The molecule has 1 saturated carbocycles. The zero-order valence-electron chi connectivity index (χ0n) is 13.0. The third-order valence-corrected chi connectivity index (χ3v) is 5.18. The lowest BCUT2D eigenvalue weighted by molar-refractivity contribution is -0.134. The second kappa shape index (κ2) is 5.34. The molecular weight excluding hydrogens is 264 g/mol. The van der Waals surface area contributed by atoms with Crippen molar-refractivity contribution in [2.45, 2.75) is 44.8 Å². The van der Waals surface area contributed by atoms with Crippen molar-refractivity contribution in [1.82, 2.24) is 5.32 Å². The van der Waals surface area contributed by atoms with Crippen molar-refractivity contribution in [2.75, 3.05) is 19.0 Å². The maximum absolute atomic E-state index is 12.7. The zero-order valence-corrected chi connectivity index (χ0v) is 13.0. The Morgan fingerprint density at radius 2 is 2.14 bits per heavy atom. The first-order valence-corrected chi connectivity index (χ1v) is 7.70. The summed E-state index contributed by atoms with van der Waals surface area (Å²) in [6.45, 7) is 5.17. The van der Waals surface area contributed by atoms with Crippen LogP contribution >= 0.6 is 0 Å². The molecule has 1 amide bonds. The molecule has 1 aliphatic carbocycles. The Kier molecular flexibility index (Phi) is 3.66. The molecule has 0 radical (unpaired) electrons. The molecule has 1 heterocycles. The van der Waals surface area contributed by atoms with Crippen LogP contribution in [0.4, 0.5) is 5.69 Å². The summed E-state index contributed by atoms with van der Waals surface area (Å²) in [5, 5.41) is 6.60. The number of ether oxygens (including phenoxy) is 1. The van der Waals surface area contributed by atoms with Gasteiger partial charge in [0.05, 0.1) is 12.0 Å². The van der Waals surface area contributed by atoms with E-state index in [1.165, 1.54) is 0 Å². The summed E-state index contributed by atoms with van der Waals surface area (Å²) in [4.78, 5) is 12.7. The summed E-state index contributed by atoms with van der Waals surface area (Å²) in [7, 11) is 1.74. The highest BCUT2D eigenvalue weighted by Crippen LogP contribution is 2.43. The molecule has 0 spiro atoms. The van der Waals surface area contributed by atoms with Crippen molar-refractivity contribution < 1.29 is 9.53 Å². The fourth-order valence-electron chi connectivity index (χ4n) is 3.54. The lowest BCUT2D eigenvalue weighted by Crippen LogP contribution is -2.62. The molecule has 21 heavy (non-hydrogen) atoms. The lowest BCUT2D eigenvalue weighted by Gasteiger charge is -2.51. The predicted octanol–water partition coefficient (Wildman–Crippen LogP) is 2.52. The molecule has 4 nitrogen and oxygen atoms in total. The first-order valence-electron chi connectivity index (χ1n) is 7.70. The summed E-state index contributed by atoms with van der Waals surface area (Å²) >= 11 is 0. The summed E-state index contributed by atoms with van der Waals surface area (Å²) < 4.78 is 5.45. The standard InChI is InChI=1S/C17H24N2O2/c1-17(2)14(10-15(17)21-3)19-16(20)12-8-9-18-13-7-5-4-6-11(12)13/h4-7,12,14-15,18H,8-10H2,1-3H3,(H,19,20). The Balaban J connectivity index is 1.70. The first kappa shape index (κ1) is 14.4. The minimum absolute atomic E-state index is 0.0108. The molecule has 3 atom stereocenters. The molecule has 0 bridgehead atoms. The van der Waals surface area contributed by atoms with Gasteiger partial charge in [0, 0.05) is 30.8 Å². The number of benzene rings is 1. The number of amides is 1. The van der Waals surface area contributed by atoms with Gasteiger partial charge < -0.3 is 15.4 Å². The second-order valence-corrected chi connectivity index (χ2v) is 6.70. The Morgan fingerprint density at radius 3 is 2.86 bits per heavy atom. The van der Waals surface area contributed by atoms with Crippen molar-refractivity contribution >= 4 is 11.6 Å². The largest absolute Gasteiger partial charge is 0.385 e. The van der Waals surface area contributed by atoms with Gasteiger partial charge >= 0.3 is 0 Å². The number of carbonyl (C=O) groups excluding carboxylic acids is 1. The molecule has 114 valence electrons. The van der Waals surface area contributed by atoms with Crippen LogP contribution in [0, 0.1) is 5.41 Å². The van der Waals surface area contributed by atoms with Gasteiger partial charge in [0.2, 0.25) is 5.91 Å². The van der Waals surface area contributed by atoms with E-state index < -0.39 is 0 Å². The van der Waals surface area contributed by atoms with E-state index in [0.29, 0.717) is 0 Å². The van der Waals surface area contributed by atoms with E-state index in [1.54, 1.807) is 7.11 Å². The van der Waals surface area contributed by atoms with Crippen molar-refractivity contribution in [3.05, 3.63) is 29.8 Å². The van der Waals surface area contributed by atoms with Gasteiger partial charge in [0.15, 0.2) is 0 Å². The van der Waals surface area contributed by atoms with Crippen molar-refractivity contribution in [2.24, 2.45) is 5.41 Å². The number of hydrogen-bond donors (Lipinski definition) is 2. The molecule has 1 aromatic rings. The monoisotopic (exact) mass is 288 g/mol. The molecule has 3 unspecified atom stereocenters. The lowest BCUT2D eigenvalue weighted by atomic mass is 9.64. The summed E-state index contributed by atoms with van der Waals surface area (Å²) in [6, 6.07) is 8.31. The van der Waals surface area contributed by atoms with Gasteiger partial charge in [-0.3, -0.25) is 4.79 Å². The van der Waals surface area contributed by atoms with E-state index in [2.05, 4.69) is 30.5 Å². The first-order chi connectivity index (χ1) is 10.0. The average Bonchev–Trinajstić information content (AvgIpc) is 2.50. The Labute approximate surface area is 126 Å². The number of fused-ring (bicyclic) bond motifs is 1. The molecule has 1 fully saturated rings. The van der Waals surface area contributed by atoms with Crippen LogP contribution in [0.25, 0.3) is 0 Å². The van der Waals surface area contributed by atoms with Crippen LogP contribution in [0.15, 0.2) is 24.3 Å². The maximum Gasteiger partial charge on any atom is 0.227 e. The topological polar surface area (TPSA) is 50.4 Å². The summed E-state index contributed by atoms with van der Waals surface area (Å²) in [5.74, 6) is 0.108. The molecular formula is C17H24N2O2. The van der Waals surface area contributed by atoms with Gasteiger partial charge in [-0.25, -0.2) is 0 Å². The Bertz CT molecular complexity index is 541. The minimum Gasteiger partial charge on any atom is -0.385 e. The highest BCUT2D eigenvalue weighted by atomic mass is 16.5. The Hall–Kier alpha value is -1.55. The Morgan fingerprint density at radius 1 is 1.38 bits per heavy atom. The average molecular weight is 288 g/mol. The third kappa shape index (κ3) is 2.42. The molecule has 4 heteroatoms. The van der Waals surface area contributed by atoms with Gasteiger partial charge in [-0.2, -0.15) is 0 Å². The zero-order chi connectivity index (χ0) is 15.0. The van der Waals surface area contributed by atoms with Gasteiger partial charge in [-0.1, -0.05) is 32.0 Å². The van der Waals surface area contributed by atoms with E-state index in [4.69, 9.17) is 4.74 Å². The summed E-state index contributed by atoms with van der Waals surface area (Å²) in [6.07, 6.45) is 1.99. The SMILES string of the molecule is COC1CC(NC(=O)C2CCNc3ccccc32)C1(C)C. The molecule has 0 aromatic heterocycles. The van der Waals surface area contributed by atoms with Crippen LogP contribution in [-0.2, 0) is 9.53 Å². The van der Waals surface area contributed by atoms with E-state index in [-0.39, 0.29) is 29.4 Å². The smallest absolute Gasteiger partial charge is 0.227 e. The van der Waals surface area contributed by atoms with Crippen LogP contribution in [0.3, 0.4) is 0 Å². The molecule has 1 aliphatic heterocycles. The van der Waals surface area contributed by atoms with E-state index in [0.717, 1.165) is 30.6 Å². The molecule has 2 aliphatic rings. The number of para-hydroxylation sites is 1. The molecule has 1 aromatic carbocycles. The fourth-order valence-corrected chi connectivity index (χ4v) is 3.54. The number of anilines is 1. The number of methoxy groups -OCH3 is 1. The fraction of sp³-hybridized carbons (Fsp3) is 0.588. The second-order valence-electron chi connectivity index (χ2n) is 6.70. The molecule has 3 rings (SSSR count). The highest BCUT2D eigenvalue weighted by Gasteiger charge is 2.49. The molecule has 2 N–H and O–H groups in total. The van der Waals surface area contributed by atoms with Gasteiger partial charge in [0.25, 0.3) is 0 Å². The maximum atomic E-state index is 12.7. The van der Waals surface area contributed by atoms with Gasteiger partial charge in [0.1, 0.15) is 0 Å². The van der Waals surface area contributed by atoms with Gasteiger partial charge in [-0.05, 0) is 24.5 Å². The third-order valence-electron chi connectivity index (χ3n) is 5.18. The summed E-state index contributed by atoms with van der Waals surface area (Å²) in [5.41, 5.74) is 2.21. The highest BCUT2D eigenvalue weighted by molar-refractivity contribution is 5.86. The van der Waals surface area contributed by atoms with Crippen molar-refractivity contribution in [1.29, 1.82) is 0 Å². The number of hydrogen-bond acceptors (Lipinski definition) is 3. The van der Waals surface area contributed by atoms with E-state index in [9.17, 15) is 4.79 Å². The van der Waals surface area contributed by atoms with Crippen LogP contribution in [-0.4, -0.2) is 31.7 Å². The number of nitrogens with one attached hydrogen (secondary N) is 2. The van der Waals surface area contributed by atoms with Crippen molar-refractivity contribution in [3.8, 4) is 0 Å². The van der Waals surface area contributed by atoms with Gasteiger partial charge in [-0.15, -0.1) is 0 Å². The predicted molar refractivity (Wildman–Crippen MR) is 83.4 cm³/mol. The van der Waals surface area contributed by atoms with Crippen LogP contribution in [0.1, 0.15) is 38.2 Å². The normalized spacial score (nSPS) is 29.8. The number of carbonyl (C=O) groups is 1. The number of rotatable bonds is 3. The van der Waals surface area contributed by atoms with Crippen LogP contribution in [0.2, 0.25) is 0 Å². The minimum atomic E-state index is -0.0418. The van der Waals surface area contributed by atoms with E-state index >= 15 is 0 Å².